The van der Waals surface area contributed by atoms with E-state index in [1.54, 1.807) is 11.8 Å². The zero-order valence-corrected chi connectivity index (χ0v) is 15.0. The van der Waals surface area contributed by atoms with Gasteiger partial charge in [0.05, 0.1) is 12.3 Å². The van der Waals surface area contributed by atoms with Crippen LogP contribution in [0.5, 0.6) is 0 Å². The van der Waals surface area contributed by atoms with E-state index in [-0.39, 0.29) is 0 Å². The smallest absolute Gasteiger partial charge is 0.205 e. The van der Waals surface area contributed by atoms with Gasteiger partial charge < -0.3 is 8.98 Å². The Morgan fingerprint density at radius 2 is 1.81 bits per heavy atom. The first-order chi connectivity index (χ1) is 12.9. The minimum Gasteiger partial charge on any atom is -0.440 e. The van der Waals surface area contributed by atoms with Gasteiger partial charge in [-0.3, -0.25) is 0 Å². The number of oxazole rings is 1. The van der Waals surface area contributed by atoms with Gasteiger partial charge in [-0.2, -0.15) is 0 Å². The summed E-state index contributed by atoms with van der Waals surface area (Å²) < 4.78 is 8.08. The van der Waals surface area contributed by atoms with Crippen LogP contribution in [-0.4, -0.2) is 19.7 Å². The SMILES string of the molecule is c1ccc(Cn2c(SCc3nc4ccccc4o3)nnc2C2CC2)cc1. The Balaban J connectivity index is 1.39. The van der Waals surface area contributed by atoms with Crippen molar-refractivity contribution in [3.63, 3.8) is 0 Å². The van der Waals surface area contributed by atoms with Gasteiger partial charge in [0, 0.05) is 5.92 Å². The third-order valence-electron chi connectivity index (χ3n) is 4.53. The summed E-state index contributed by atoms with van der Waals surface area (Å²) in [6.45, 7) is 0.801. The summed E-state index contributed by atoms with van der Waals surface area (Å²) in [4.78, 5) is 4.55. The normalized spacial score (nSPS) is 14.2. The maximum Gasteiger partial charge on any atom is 0.205 e. The summed E-state index contributed by atoms with van der Waals surface area (Å²) in [5.41, 5.74) is 2.98. The molecular formula is C20H18N4OS. The lowest BCUT2D eigenvalue weighted by Crippen LogP contribution is -2.06. The Hall–Kier alpha value is -2.60. The highest BCUT2D eigenvalue weighted by atomic mass is 32.2. The van der Waals surface area contributed by atoms with Gasteiger partial charge in [-0.05, 0) is 30.5 Å². The van der Waals surface area contributed by atoms with E-state index in [2.05, 4.69) is 44.0 Å². The molecule has 0 bridgehead atoms. The summed E-state index contributed by atoms with van der Waals surface area (Å²) >= 11 is 1.63. The van der Waals surface area contributed by atoms with Gasteiger partial charge in [0.2, 0.25) is 5.89 Å². The van der Waals surface area contributed by atoms with Crippen molar-refractivity contribution in [2.45, 2.75) is 36.2 Å². The number of fused-ring (bicyclic) bond motifs is 1. The molecule has 1 aliphatic carbocycles. The van der Waals surface area contributed by atoms with E-state index in [1.807, 2.05) is 30.3 Å². The van der Waals surface area contributed by atoms with Crippen molar-refractivity contribution < 1.29 is 4.42 Å². The van der Waals surface area contributed by atoms with E-state index in [0.29, 0.717) is 11.7 Å². The van der Waals surface area contributed by atoms with Crippen LogP contribution in [0.25, 0.3) is 11.1 Å². The summed E-state index contributed by atoms with van der Waals surface area (Å²) in [5.74, 6) is 3.03. The zero-order valence-electron chi connectivity index (χ0n) is 14.2. The van der Waals surface area contributed by atoms with E-state index in [4.69, 9.17) is 4.42 Å². The first-order valence-electron chi connectivity index (χ1n) is 8.81. The molecule has 1 fully saturated rings. The van der Waals surface area contributed by atoms with Crippen LogP contribution < -0.4 is 0 Å². The fraction of sp³-hybridized carbons (Fsp3) is 0.250. The number of hydrogen-bond acceptors (Lipinski definition) is 5. The Kier molecular flexibility index (Phi) is 3.97. The Bertz CT molecular complexity index is 1000. The average Bonchev–Trinajstić information content (AvgIpc) is 3.31. The fourth-order valence-electron chi connectivity index (χ4n) is 3.07. The predicted octanol–water partition coefficient (Wildman–Crippen LogP) is 4.64. The van der Waals surface area contributed by atoms with E-state index >= 15 is 0 Å². The monoisotopic (exact) mass is 362 g/mol. The average molecular weight is 362 g/mol. The molecule has 0 N–H and O–H groups in total. The van der Waals surface area contributed by atoms with Crippen LogP contribution >= 0.6 is 11.8 Å². The van der Waals surface area contributed by atoms with E-state index in [9.17, 15) is 0 Å². The van der Waals surface area contributed by atoms with Gasteiger partial charge in [0.1, 0.15) is 11.3 Å². The van der Waals surface area contributed by atoms with Crippen LogP contribution in [0.4, 0.5) is 0 Å². The molecular weight excluding hydrogens is 344 g/mol. The third-order valence-corrected chi connectivity index (χ3v) is 5.49. The van der Waals surface area contributed by atoms with Crippen molar-refractivity contribution in [2.75, 3.05) is 0 Å². The zero-order chi connectivity index (χ0) is 17.3. The lowest BCUT2D eigenvalue weighted by molar-refractivity contribution is 0.555. The Morgan fingerprint density at radius 3 is 2.62 bits per heavy atom. The highest BCUT2D eigenvalue weighted by molar-refractivity contribution is 7.98. The van der Waals surface area contributed by atoms with E-state index in [0.717, 1.165) is 34.5 Å². The van der Waals surface area contributed by atoms with Gasteiger partial charge >= 0.3 is 0 Å². The summed E-state index contributed by atoms with van der Waals surface area (Å²) in [5, 5.41) is 9.85. The standard InChI is InChI=1S/C20H18N4OS/c1-2-6-14(7-3-1)12-24-19(15-10-11-15)22-23-20(24)26-13-18-21-16-8-4-5-9-17(16)25-18/h1-9,15H,10-13H2. The number of nitrogens with zero attached hydrogens (tertiary/aromatic N) is 4. The van der Waals surface area contributed by atoms with Crippen LogP contribution in [0.2, 0.25) is 0 Å². The van der Waals surface area contributed by atoms with Gasteiger partial charge in [-0.25, -0.2) is 4.98 Å². The molecule has 130 valence electrons. The molecule has 2 aromatic carbocycles. The number of aromatic nitrogens is 4. The number of rotatable bonds is 6. The summed E-state index contributed by atoms with van der Waals surface area (Å²) in [7, 11) is 0. The Labute approximate surface area is 155 Å². The third kappa shape index (κ3) is 3.12. The van der Waals surface area contributed by atoms with Crippen molar-refractivity contribution in [3.05, 3.63) is 71.9 Å². The topological polar surface area (TPSA) is 56.7 Å². The second kappa shape index (κ2) is 6.61. The highest BCUT2D eigenvalue weighted by Gasteiger charge is 2.30. The molecule has 2 heterocycles. The van der Waals surface area contributed by atoms with Crippen molar-refractivity contribution in [2.24, 2.45) is 0 Å². The maximum atomic E-state index is 5.83. The molecule has 0 spiro atoms. The molecule has 4 aromatic rings. The predicted molar refractivity (Wildman–Crippen MR) is 101 cm³/mol. The molecule has 2 aromatic heterocycles. The molecule has 0 amide bonds. The van der Waals surface area contributed by atoms with Crippen molar-refractivity contribution >= 4 is 22.9 Å². The van der Waals surface area contributed by atoms with Crippen LogP contribution in [0.1, 0.15) is 36.0 Å². The molecule has 0 atom stereocenters. The number of hydrogen-bond donors (Lipinski definition) is 0. The largest absolute Gasteiger partial charge is 0.440 e. The molecule has 1 saturated carbocycles. The van der Waals surface area contributed by atoms with Gasteiger partial charge in [0.15, 0.2) is 10.7 Å². The van der Waals surface area contributed by atoms with Crippen LogP contribution in [-0.2, 0) is 12.3 Å². The van der Waals surface area contributed by atoms with Crippen molar-refractivity contribution in [1.82, 2.24) is 19.7 Å². The molecule has 1 aliphatic rings. The highest BCUT2D eigenvalue weighted by Crippen LogP contribution is 2.40. The van der Waals surface area contributed by atoms with E-state index < -0.39 is 0 Å². The van der Waals surface area contributed by atoms with Gasteiger partial charge in [-0.1, -0.05) is 54.2 Å². The molecule has 26 heavy (non-hydrogen) atoms. The maximum absolute atomic E-state index is 5.83. The first kappa shape index (κ1) is 15.6. The minimum absolute atomic E-state index is 0.560. The Morgan fingerprint density at radius 1 is 1.00 bits per heavy atom. The molecule has 0 saturated heterocycles. The molecule has 5 rings (SSSR count). The molecule has 5 nitrogen and oxygen atoms in total. The second-order valence-corrected chi connectivity index (χ2v) is 7.49. The number of benzene rings is 2. The summed E-state index contributed by atoms with van der Waals surface area (Å²) in [6.07, 6.45) is 2.42. The molecule has 0 radical (unpaired) electrons. The summed E-state index contributed by atoms with van der Waals surface area (Å²) in [6, 6.07) is 18.3. The van der Waals surface area contributed by atoms with Crippen LogP contribution in [0.3, 0.4) is 0 Å². The van der Waals surface area contributed by atoms with Gasteiger partial charge in [0.25, 0.3) is 0 Å². The van der Waals surface area contributed by atoms with Crippen LogP contribution in [0, 0.1) is 0 Å². The lowest BCUT2D eigenvalue weighted by Gasteiger charge is -2.09. The fourth-order valence-corrected chi connectivity index (χ4v) is 3.86. The second-order valence-electron chi connectivity index (χ2n) is 6.55. The molecule has 6 heteroatoms. The first-order valence-corrected chi connectivity index (χ1v) is 9.79. The number of thioether (sulfide) groups is 1. The van der Waals surface area contributed by atoms with E-state index in [1.165, 1.54) is 18.4 Å². The van der Waals surface area contributed by atoms with Gasteiger partial charge in [-0.15, -0.1) is 10.2 Å². The lowest BCUT2D eigenvalue weighted by atomic mass is 10.2. The van der Waals surface area contributed by atoms with Crippen LogP contribution in [0.15, 0.2) is 64.2 Å². The van der Waals surface area contributed by atoms with Crippen molar-refractivity contribution in [3.8, 4) is 0 Å². The quantitative estimate of drug-likeness (QED) is 0.468. The molecule has 0 aliphatic heterocycles. The number of para-hydroxylation sites is 2. The minimum atomic E-state index is 0.560. The van der Waals surface area contributed by atoms with Crippen molar-refractivity contribution in [1.29, 1.82) is 0 Å². The molecule has 0 unspecified atom stereocenters.